The van der Waals surface area contributed by atoms with Gasteiger partial charge in [0.1, 0.15) is 0 Å². The molecule has 0 atom stereocenters. The summed E-state index contributed by atoms with van der Waals surface area (Å²) in [4.78, 5) is 16.1. The van der Waals surface area contributed by atoms with E-state index in [4.69, 9.17) is 11.6 Å². The summed E-state index contributed by atoms with van der Waals surface area (Å²) in [6, 6.07) is 9.52. The molecule has 1 amide bonds. The van der Waals surface area contributed by atoms with Crippen LogP contribution in [0.3, 0.4) is 0 Å². The van der Waals surface area contributed by atoms with Crippen LogP contribution in [0.15, 0.2) is 41.3 Å². The van der Waals surface area contributed by atoms with Crippen LogP contribution in [0, 0.1) is 0 Å². The first-order valence-corrected chi connectivity index (χ1v) is 10.2. The molecule has 1 aliphatic heterocycles. The van der Waals surface area contributed by atoms with Crippen molar-refractivity contribution in [3.8, 4) is 0 Å². The minimum absolute atomic E-state index is 0.153. The SMILES string of the molecule is CN(C)c1ccc(C(=O)N2CCN(S(=O)(=O)c3cccc(Cl)c3)CC2)nn1. The molecule has 0 saturated carbocycles. The monoisotopic (exact) mass is 409 g/mol. The number of amides is 1. The molecule has 1 aromatic carbocycles. The van der Waals surface area contributed by atoms with Gasteiger partial charge in [-0.25, -0.2) is 8.42 Å². The number of sulfonamides is 1. The van der Waals surface area contributed by atoms with E-state index in [1.165, 1.54) is 16.4 Å². The van der Waals surface area contributed by atoms with Gasteiger partial charge in [-0.1, -0.05) is 17.7 Å². The average Bonchev–Trinajstić information content (AvgIpc) is 2.67. The Bertz CT molecular complexity index is 926. The minimum atomic E-state index is -3.64. The number of halogens is 1. The summed E-state index contributed by atoms with van der Waals surface area (Å²) < 4.78 is 26.8. The van der Waals surface area contributed by atoms with Crippen molar-refractivity contribution in [2.24, 2.45) is 0 Å². The number of aromatic nitrogens is 2. The number of piperazine rings is 1. The number of hydrogen-bond acceptors (Lipinski definition) is 6. The molecule has 0 unspecified atom stereocenters. The van der Waals surface area contributed by atoms with E-state index in [2.05, 4.69) is 10.2 Å². The van der Waals surface area contributed by atoms with E-state index in [9.17, 15) is 13.2 Å². The molecule has 1 aromatic heterocycles. The molecule has 0 N–H and O–H groups in total. The van der Waals surface area contributed by atoms with E-state index in [-0.39, 0.29) is 42.7 Å². The quantitative estimate of drug-likeness (QED) is 0.757. The summed E-state index contributed by atoms with van der Waals surface area (Å²) in [6.45, 7) is 0.999. The number of benzene rings is 1. The van der Waals surface area contributed by atoms with Crippen LogP contribution in [0.1, 0.15) is 10.5 Å². The maximum atomic E-state index is 12.7. The third-order valence-electron chi connectivity index (χ3n) is 4.29. The van der Waals surface area contributed by atoms with Gasteiger partial charge in [-0.3, -0.25) is 4.79 Å². The summed E-state index contributed by atoms with van der Waals surface area (Å²) in [5.41, 5.74) is 0.242. The van der Waals surface area contributed by atoms with Gasteiger partial charge in [0, 0.05) is 45.3 Å². The van der Waals surface area contributed by atoms with Crippen LogP contribution >= 0.6 is 11.6 Å². The molecule has 0 bridgehead atoms. The van der Waals surface area contributed by atoms with E-state index in [0.717, 1.165) is 0 Å². The van der Waals surface area contributed by atoms with Crippen LogP contribution in [0.5, 0.6) is 0 Å². The van der Waals surface area contributed by atoms with Gasteiger partial charge in [-0.2, -0.15) is 4.31 Å². The zero-order valence-electron chi connectivity index (χ0n) is 15.0. The lowest BCUT2D eigenvalue weighted by molar-refractivity contribution is 0.0691. The Kier molecular flexibility index (Phi) is 5.64. The molecule has 0 spiro atoms. The second-order valence-corrected chi connectivity index (χ2v) is 8.70. The number of hydrogen-bond donors (Lipinski definition) is 0. The van der Waals surface area contributed by atoms with E-state index < -0.39 is 10.0 Å². The highest BCUT2D eigenvalue weighted by Gasteiger charge is 2.31. The molecule has 2 aromatic rings. The molecule has 0 aliphatic carbocycles. The molecular weight excluding hydrogens is 390 g/mol. The molecule has 3 rings (SSSR count). The Morgan fingerprint density at radius 2 is 1.78 bits per heavy atom. The summed E-state index contributed by atoms with van der Waals surface area (Å²) in [6.07, 6.45) is 0. The Balaban J connectivity index is 1.67. The van der Waals surface area contributed by atoms with Crippen LogP contribution in [-0.2, 0) is 10.0 Å². The van der Waals surface area contributed by atoms with Crippen LogP contribution in [0.4, 0.5) is 5.82 Å². The average molecular weight is 410 g/mol. The largest absolute Gasteiger partial charge is 0.361 e. The van der Waals surface area contributed by atoms with Crippen LogP contribution < -0.4 is 4.90 Å². The lowest BCUT2D eigenvalue weighted by Crippen LogP contribution is -2.50. The van der Waals surface area contributed by atoms with Gasteiger partial charge < -0.3 is 9.80 Å². The Labute approximate surface area is 163 Å². The molecular formula is C17H20ClN5O3S. The second kappa shape index (κ2) is 7.79. The lowest BCUT2D eigenvalue weighted by atomic mass is 10.3. The van der Waals surface area contributed by atoms with Gasteiger partial charge in [-0.05, 0) is 30.3 Å². The molecule has 27 heavy (non-hydrogen) atoms. The molecule has 2 heterocycles. The van der Waals surface area contributed by atoms with Crippen LogP contribution in [-0.4, -0.2) is 74.0 Å². The van der Waals surface area contributed by atoms with Crippen molar-refractivity contribution in [2.45, 2.75) is 4.90 Å². The molecule has 1 fully saturated rings. The minimum Gasteiger partial charge on any atom is -0.361 e. The topological polar surface area (TPSA) is 86.7 Å². The van der Waals surface area contributed by atoms with Crippen molar-refractivity contribution in [1.29, 1.82) is 0 Å². The summed E-state index contributed by atoms with van der Waals surface area (Å²) in [5, 5.41) is 8.34. The smallest absolute Gasteiger partial charge is 0.274 e. The fourth-order valence-electron chi connectivity index (χ4n) is 2.75. The summed E-state index contributed by atoms with van der Waals surface area (Å²) >= 11 is 5.90. The van der Waals surface area contributed by atoms with Gasteiger partial charge in [0.25, 0.3) is 5.91 Å². The van der Waals surface area contributed by atoms with Crippen molar-refractivity contribution in [3.05, 3.63) is 47.1 Å². The molecule has 1 saturated heterocycles. The summed E-state index contributed by atoms with van der Waals surface area (Å²) in [7, 11) is 0.0407. The molecule has 8 nitrogen and oxygen atoms in total. The number of nitrogens with zero attached hydrogens (tertiary/aromatic N) is 5. The zero-order chi connectivity index (χ0) is 19.6. The van der Waals surface area contributed by atoms with Gasteiger partial charge in [0.2, 0.25) is 10.0 Å². The third kappa shape index (κ3) is 4.20. The van der Waals surface area contributed by atoms with Gasteiger partial charge in [0.05, 0.1) is 4.90 Å². The predicted molar refractivity (Wildman–Crippen MR) is 102 cm³/mol. The lowest BCUT2D eigenvalue weighted by Gasteiger charge is -2.33. The first-order valence-electron chi connectivity index (χ1n) is 8.35. The highest BCUT2D eigenvalue weighted by molar-refractivity contribution is 7.89. The molecule has 144 valence electrons. The van der Waals surface area contributed by atoms with Crippen molar-refractivity contribution < 1.29 is 13.2 Å². The van der Waals surface area contributed by atoms with E-state index >= 15 is 0 Å². The van der Waals surface area contributed by atoms with E-state index in [1.807, 2.05) is 14.1 Å². The van der Waals surface area contributed by atoms with Gasteiger partial charge in [-0.15, -0.1) is 10.2 Å². The van der Waals surface area contributed by atoms with Crippen molar-refractivity contribution >= 4 is 33.3 Å². The molecule has 0 radical (unpaired) electrons. The first kappa shape index (κ1) is 19.5. The van der Waals surface area contributed by atoms with E-state index in [0.29, 0.717) is 10.8 Å². The highest BCUT2D eigenvalue weighted by Crippen LogP contribution is 2.21. The number of anilines is 1. The van der Waals surface area contributed by atoms with Crippen molar-refractivity contribution in [2.75, 3.05) is 45.2 Å². The van der Waals surface area contributed by atoms with Crippen molar-refractivity contribution in [1.82, 2.24) is 19.4 Å². The van der Waals surface area contributed by atoms with Crippen LogP contribution in [0.2, 0.25) is 5.02 Å². The number of rotatable bonds is 4. The second-order valence-electron chi connectivity index (χ2n) is 6.32. The highest BCUT2D eigenvalue weighted by atomic mass is 35.5. The number of carbonyl (C=O) groups is 1. The normalized spacial score (nSPS) is 15.6. The van der Waals surface area contributed by atoms with Gasteiger partial charge >= 0.3 is 0 Å². The summed E-state index contributed by atoms with van der Waals surface area (Å²) in [5.74, 6) is 0.400. The Hall–Kier alpha value is -2.23. The zero-order valence-corrected chi connectivity index (χ0v) is 16.6. The third-order valence-corrected chi connectivity index (χ3v) is 6.42. The Morgan fingerprint density at radius 1 is 1.07 bits per heavy atom. The Morgan fingerprint density at radius 3 is 2.33 bits per heavy atom. The maximum absolute atomic E-state index is 12.7. The number of carbonyl (C=O) groups excluding carboxylic acids is 1. The predicted octanol–water partition coefficient (Wildman–Crippen LogP) is 1.34. The fourth-order valence-corrected chi connectivity index (χ4v) is 4.47. The van der Waals surface area contributed by atoms with Gasteiger partial charge in [0.15, 0.2) is 11.5 Å². The standard InChI is InChI=1S/C17H20ClN5O3S/c1-21(2)16-7-6-15(19-20-16)17(24)22-8-10-23(11-9-22)27(25,26)14-5-3-4-13(18)12-14/h3-7,12H,8-11H2,1-2H3. The first-order chi connectivity index (χ1) is 12.8. The van der Waals surface area contributed by atoms with Crippen LogP contribution in [0.25, 0.3) is 0 Å². The maximum Gasteiger partial charge on any atom is 0.274 e. The fraction of sp³-hybridized carbons (Fsp3) is 0.353. The molecule has 1 aliphatic rings. The van der Waals surface area contributed by atoms with E-state index in [1.54, 1.807) is 34.1 Å². The van der Waals surface area contributed by atoms with Crippen molar-refractivity contribution in [3.63, 3.8) is 0 Å². The molecule has 10 heteroatoms.